The lowest BCUT2D eigenvalue weighted by Crippen LogP contribution is -2.37. The summed E-state index contributed by atoms with van der Waals surface area (Å²) in [6, 6.07) is 7.60. The predicted molar refractivity (Wildman–Crippen MR) is 79.3 cm³/mol. The van der Waals surface area contributed by atoms with Crippen LogP contribution in [-0.4, -0.2) is 41.1 Å². The number of phenolic OH excluding ortho intramolecular Hbond substituents is 1. The molecule has 2 amide bonds. The monoisotopic (exact) mass is 317 g/mol. The molecule has 0 heterocycles. The fraction of sp³-hybridized carbons (Fsp3) is 0.200. The lowest BCUT2D eigenvalue weighted by molar-refractivity contribution is -0.131. The van der Waals surface area contributed by atoms with Crippen LogP contribution in [0.5, 0.6) is 5.75 Å². The molecule has 0 bridgehead atoms. The van der Waals surface area contributed by atoms with Crippen molar-refractivity contribution in [3.05, 3.63) is 42.0 Å². The second-order valence-corrected chi connectivity index (χ2v) is 4.44. The molecule has 1 aromatic carbocycles. The minimum absolute atomic E-state index is 0.0263. The number of nitriles is 1. The first-order valence-electron chi connectivity index (χ1n) is 6.56. The lowest BCUT2D eigenvalue weighted by Gasteiger charge is -2.16. The first-order valence-corrected chi connectivity index (χ1v) is 6.56. The molecular weight excluding hydrogens is 302 g/mol. The largest absolute Gasteiger partial charge is 0.508 e. The third kappa shape index (κ3) is 6.31. The van der Waals surface area contributed by atoms with Gasteiger partial charge in [0.25, 0.3) is 0 Å². The van der Waals surface area contributed by atoms with Crippen molar-refractivity contribution in [2.24, 2.45) is 0 Å². The molecule has 1 atom stereocenters. The molecule has 0 aliphatic carbocycles. The highest BCUT2D eigenvalue weighted by Crippen LogP contribution is 2.18. The Balaban J connectivity index is 2.81. The van der Waals surface area contributed by atoms with E-state index in [-0.39, 0.29) is 18.8 Å². The van der Waals surface area contributed by atoms with Crippen molar-refractivity contribution >= 4 is 17.8 Å². The number of aromatic hydroxyl groups is 1. The quantitative estimate of drug-likeness (QED) is 0.408. The van der Waals surface area contributed by atoms with Crippen LogP contribution in [0.1, 0.15) is 11.5 Å². The van der Waals surface area contributed by atoms with Crippen LogP contribution in [0.15, 0.2) is 36.4 Å². The van der Waals surface area contributed by atoms with Crippen molar-refractivity contribution in [1.29, 1.82) is 5.26 Å². The average Bonchev–Trinajstić information content (AvgIpc) is 2.52. The fourth-order valence-electron chi connectivity index (χ4n) is 1.73. The van der Waals surface area contributed by atoms with E-state index in [1.807, 2.05) is 0 Å². The molecule has 8 nitrogen and oxygen atoms in total. The molecule has 0 spiro atoms. The molecule has 1 unspecified atom stereocenters. The van der Waals surface area contributed by atoms with Gasteiger partial charge in [0.2, 0.25) is 11.8 Å². The van der Waals surface area contributed by atoms with E-state index < -0.39 is 23.7 Å². The summed E-state index contributed by atoms with van der Waals surface area (Å²) >= 11 is 0. The van der Waals surface area contributed by atoms with E-state index in [0.29, 0.717) is 11.6 Å². The van der Waals surface area contributed by atoms with Crippen LogP contribution in [0.3, 0.4) is 0 Å². The summed E-state index contributed by atoms with van der Waals surface area (Å²) in [5.74, 6) is -3.16. The summed E-state index contributed by atoms with van der Waals surface area (Å²) in [6.45, 7) is -0.273. The van der Waals surface area contributed by atoms with Crippen LogP contribution < -0.4 is 10.6 Å². The van der Waals surface area contributed by atoms with Crippen molar-refractivity contribution in [2.75, 3.05) is 13.1 Å². The molecule has 0 radical (unpaired) electrons. The zero-order valence-corrected chi connectivity index (χ0v) is 12.0. The van der Waals surface area contributed by atoms with E-state index in [2.05, 4.69) is 10.6 Å². The molecule has 0 saturated heterocycles. The molecule has 120 valence electrons. The van der Waals surface area contributed by atoms with Gasteiger partial charge >= 0.3 is 5.97 Å². The Labute approximate surface area is 132 Å². The summed E-state index contributed by atoms with van der Waals surface area (Å²) in [6.07, 6.45) is 1.52. The number of benzene rings is 1. The van der Waals surface area contributed by atoms with Gasteiger partial charge in [-0.15, -0.1) is 0 Å². The standard InChI is InChI=1S/C15H15N3O5/c16-7-8-17-15(23)12(10-1-3-11(19)4-2-10)9-18-13(20)5-6-14(21)22/h1-6,12,19H,8-9H2,(H,17,23)(H,18,20)(H,21,22). The van der Waals surface area contributed by atoms with Crippen LogP contribution in [0.2, 0.25) is 0 Å². The number of aliphatic carboxylic acids is 1. The highest BCUT2D eigenvalue weighted by Gasteiger charge is 2.21. The minimum atomic E-state index is -1.26. The van der Waals surface area contributed by atoms with Crippen LogP contribution in [0.25, 0.3) is 0 Å². The van der Waals surface area contributed by atoms with Gasteiger partial charge in [0.05, 0.1) is 12.0 Å². The maximum absolute atomic E-state index is 12.1. The van der Waals surface area contributed by atoms with Gasteiger partial charge in [0, 0.05) is 18.7 Å². The number of phenols is 1. The Hall–Kier alpha value is -3.34. The number of nitrogens with zero attached hydrogens (tertiary/aromatic N) is 1. The molecule has 0 aliphatic rings. The van der Waals surface area contributed by atoms with Crippen LogP contribution >= 0.6 is 0 Å². The number of nitrogens with one attached hydrogen (secondary N) is 2. The summed E-state index contributed by atoms with van der Waals surface area (Å²) in [7, 11) is 0. The van der Waals surface area contributed by atoms with Crippen molar-refractivity contribution in [2.45, 2.75) is 5.92 Å². The SMILES string of the molecule is N#CCNC(=O)C(CNC(=O)C=CC(=O)O)c1ccc(O)cc1. The van der Waals surface area contributed by atoms with Crippen LogP contribution in [0.4, 0.5) is 0 Å². The highest BCUT2D eigenvalue weighted by atomic mass is 16.4. The van der Waals surface area contributed by atoms with Gasteiger partial charge in [-0.3, -0.25) is 9.59 Å². The normalized spacial score (nSPS) is 11.4. The molecule has 4 N–H and O–H groups in total. The third-order valence-electron chi connectivity index (χ3n) is 2.81. The van der Waals surface area contributed by atoms with E-state index in [9.17, 15) is 19.5 Å². The van der Waals surface area contributed by atoms with E-state index in [4.69, 9.17) is 10.4 Å². The van der Waals surface area contributed by atoms with Crippen molar-refractivity contribution < 1.29 is 24.6 Å². The first-order chi connectivity index (χ1) is 10.9. The first kappa shape index (κ1) is 17.7. The molecule has 0 saturated carbocycles. The number of hydrogen-bond donors (Lipinski definition) is 4. The van der Waals surface area contributed by atoms with Gasteiger partial charge in [0.1, 0.15) is 12.3 Å². The van der Waals surface area contributed by atoms with Gasteiger partial charge in [-0.05, 0) is 17.7 Å². The van der Waals surface area contributed by atoms with Crippen LogP contribution in [0, 0.1) is 11.3 Å². The average molecular weight is 317 g/mol. The van der Waals surface area contributed by atoms with Gasteiger partial charge in [-0.2, -0.15) is 5.26 Å². The zero-order valence-electron chi connectivity index (χ0n) is 12.0. The fourth-order valence-corrected chi connectivity index (χ4v) is 1.73. The van der Waals surface area contributed by atoms with E-state index in [1.165, 1.54) is 24.3 Å². The second-order valence-electron chi connectivity index (χ2n) is 4.44. The molecule has 8 heteroatoms. The van der Waals surface area contributed by atoms with Crippen molar-refractivity contribution in [3.8, 4) is 11.8 Å². The zero-order chi connectivity index (χ0) is 17.2. The summed E-state index contributed by atoms with van der Waals surface area (Å²) in [4.78, 5) is 33.9. The lowest BCUT2D eigenvalue weighted by atomic mass is 9.98. The maximum atomic E-state index is 12.1. The number of carboxylic acids is 1. The third-order valence-corrected chi connectivity index (χ3v) is 2.81. The summed E-state index contributed by atoms with van der Waals surface area (Å²) in [5, 5.41) is 31.0. The van der Waals surface area contributed by atoms with Crippen molar-refractivity contribution in [1.82, 2.24) is 10.6 Å². The van der Waals surface area contributed by atoms with Gasteiger partial charge < -0.3 is 20.8 Å². The predicted octanol–water partition coefficient (Wildman–Crippen LogP) is -0.127. The number of carbonyl (C=O) groups is 3. The van der Waals surface area contributed by atoms with Gasteiger partial charge in [-0.25, -0.2) is 4.79 Å². The Morgan fingerprint density at radius 3 is 2.39 bits per heavy atom. The second kappa shape index (κ2) is 8.84. The molecule has 0 fully saturated rings. The smallest absolute Gasteiger partial charge is 0.328 e. The molecular formula is C15H15N3O5. The van der Waals surface area contributed by atoms with Crippen molar-refractivity contribution in [3.63, 3.8) is 0 Å². The molecule has 0 aromatic heterocycles. The number of carboxylic acid groups (broad SMARTS) is 1. The van der Waals surface area contributed by atoms with E-state index in [1.54, 1.807) is 6.07 Å². The molecule has 1 rings (SSSR count). The number of hydrogen-bond acceptors (Lipinski definition) is 5. The Kier molecular flexibility index (Phi) is 6.81. The van der Waals surface area contributed by atoms with E-state index >= 15 is 0 Å². The Morgan fingerprint density at radius 2 is 1.83 bits per heavy atom. The number of carbonyl (C=O) groups excluding carboxylic acids is 2. The highest BCUT2D eigenvalue weighted by molar-refractivity contribution is 5.94. The molecule has 1 aromatic rings. The van der Waals surface area contributed by atoms with Gasteiger partial charge in [0.15, 0.2) is 0 Å². The van der Waals surface area contributed by atoms with Gasteiger partial charge in [-0.1, -0.05) is 12.1 Å². The van der Waals surface area contributed by atoms with Crippen LogP contribution in [-0.2, 0) is 14.4 Å². The summed E-state index contributed by atoms with van der Waals surface area (Å²) in [5.41, 5.74) is 0.528. The Morgan fingerprint density at radius 1 is 1.17 bits per heavy atom. The minimum Gasteiger partial charge on any atom is -0.508 e. The molecule has 0 aliphatic heterocycles. The summed E-state index contributed by atoms with van der Waals surface area (Å²) < 4.78 is 0. The Bertz CT molecular complexity index is 646. The maximum Gasteiger partial charge on any atom is 0.328 e. The topological polar surface area (TPSA) is 140 Å². The number of amides is 2. The number of rotatable bonds is 7. The molecule has 23 heavy (non-hydrogen) atoms. The van der Waals surface area contributed by atoms with E-state index in [0.717, 1.165) is 6.08 Å².